The van der Waals surface area contributed by atoms with Gasteiger partial charge in [0.2, 0.25) is 0 Å². The van der Waals surface area contributed by atoms with E-state index < -0.39 is 0 Å². The van der Waals surface area contributed by atoms with E-state index in [1.165, 1.54) is 18.4 Å². The van der Waals surface area contributed by atoms with Crippen molar-refractivity contribution in [3.05, 3.63) is 48.3 Å². The third-order valence-corrected chi connectivity index (χ3v) is 3.71. The number of anilines is 1. The fourth-order valence-corrected chi connectivity index (χ4v) is 2.64. The Kier molecular flexibility index (Phi) is 3.79. The number of H-pyrrole nitrogens is 1. The maximum absolute atomic E-state index is 3.96. The van der Waals surface area contributed by atoms with E-state index in [9.17, 15) is 0 Å². The number of piperidine rings is 1. The standard InChI is InChI=1S/C15H20N4/c1-2-4-13(5-3-1)12-19-8-6-14(7-9-19)18-15-10-16-17-11-15/h1-5,10-11,14,18H,6-9,12H2,(H,16,17). The first-order valence-electron chi connectivity index (χ1n) is 6.92. The lowest BCUT2D eigenvalue weighted by Gasteiger charge is -2.32. The minimum absolute atomic E-state index is 0.574. The lowest BCUT2D eigenvalue weighted by atomic mass is 10.0. The van der Waals surface area contributed by atoms with Crippen molar-refractivity contribution in [3.8, 4) is 0 Å². The quantitative estimate of drug-likeness (QED) is 0.883. The molecule has 1 aromatic carbocycles. The number of hydrogen-bond donors (Lipinski definition) is 2. The molecule has 3 rings (SSSR count). The molecule has 1 fully saturated rings. The molecule has 2 heterocycles. The molecule has 4 heteroatoms. The molecule has 1 aromatic heterocycles. The Morgan fingerprint density at radius 1 is 1.21 bits per heavy atom. The summed E-state index contributed by atoms with van der Waals surface area (Å²) >= 11 is 0. The molecule has 1 aliphatic rings. The molecule has 0 spiro atoms. The molecular weight excluding hydrogens is 236 g/mol. The Morgan fingerprint density at radius 3 is 2.68 bits per heavy atom. The topological polar surface area (TPSA) is 44.0 Å². The number of hydrogen-bond acceptors (Lipinski definition) is 3. The van der Waals surface area contributed by atoms with Crippen molar-refractivity contribution in [2.45, 2.75) is 25.4 Å². The van der Waals surface area contributed by atoms with Gasteiger partial charge < -0.3 is 5.32 Å². The number of aromatic amines is 1. The van der Waals surface area contributed by atoms with Crippen LogP contribution in [0.4, 0.5) is 5.69 Å². The van der Waals surface area contributed by atoms with Crippen molar-refractivity contribution in [1.82, 2.24) is 15.1 Å². The molecule has 1 saturated heterocycles. The molecule has 2 aromatic rings. The Labute approximate surface area is 113 Å². The van der Waals surface area contributed by atoms with Crippen LogP contribution in [0, 0.1) is 0 Å². The summed E-state index contributed by atoms with van der Waals surface area (Å²) in [6, 6.07) is 11.3. The second-order valence-electron chi connectivity index (χ2n) is 5.17. The summed E-state index contributed by atoms with van der Waals surface area (Å²) in [6.07, 6.45) is 6.14. The molecule has 1 aliphatic heterocycles. The molecule has 100 valence electrons. The summed E-state index contributed by atoms with van der Waals surface area (Å²) in [6.45, 7) is 3.38. The highest BCUT2D eigenvalue weighted by Crippen LogP contribution is 2.17. The van der Waals surface area contributed by atoms with Crippen molar-refractivity contribution in [3.63, 3.8) is 0 Å². The third-order valence-electron chi connectivity index (χ3n) is 3.71. The zero-order valence-electron chi connectivity index (χ0n) is 11.0. The van der Waals surface area contributed by atoms with E-state index >= 15 is 0 Å². The van der Waals surface area contributed by atoms with Gasteiger partial charge in [-0.3, -0.25) is 10.00 Å². The Morgan fingerprint density at radius 2 is 2.00 bits per heavy atom. The smallest absolute Gasteiger partial charge is 0.0725 e. The predicted molar refractivity (Wildman–Crippen MR) is 77.0 cm³/mol. The largest absolute Gasteiger partial charge is 0.380 e. The van der Waals surface area contributed by atoms with Gasteiger partial charge in [-0.15, -0.1) is 0 Å². The first kappa shape index (κ1) is 12.2. The molecule has 0 radical (unpaired) electrons. The molecule has 0 saturated carbocycles. The minimum atomic E-state index is 0.574. The van der Waals surface area contributed by atoms with Crippen LogP contribution < -0.4 is 5.32 Å². The lowest BCUT2D eigenvalue weighted by Crippen LogP contribution is -2.38. The highest BCUT2D eigenvalue weighted by Gasteiger charge is 2.19. The summed E-state index contributed by atoms with van der Waals surface area (Å²) in [5.74, 6) is 0. The SMILES string of the molecule is c1ccc(CN2CCC(Nc3cn[nH]c3)CC2)cc1. The van der Waals surface area contributed by atoms with Gasteiger partial charge in [0.25, 0.3) is 0 Å². The van der Waals surface area contributed by atoms with Crippen LogP contribution in [-0.2, 0) is 6.54 Å². The van der Waals surface area contributed by atoms with Gasteiger partial charge in [-0.2, -0.15) is 5.10 Å². The third kappa shape index (κ3) is 3.35. The van der Waals surface area contributed by atoms with Crippen LogP contribution in [0.15, 0.2) is 42.7 Å². The normalized spacial score (nSPS) is 17.5. The van der Waals surface area contributed by atoms with Crippen LogP contribution in [-0.4, -0.2) is 34.2 Å². The molecule has 0 amide bonds. The fourth-order valence-electron chi connectivity index (χ4n) is 2.64. The molecule has 0 bridgehead atoms. The lowest BCUT2D eigenvalue weighted by molar-refractivity contribution is 0.211. The number of benzene rings is 1. The summed E-state index contributed by atoms with van der Waals surface area (Å²) in [4.78, 5) is 2.53. The first-order valence-corrected chi connectivity index (χ1v) is 6.92. The van der Waals surface area contributed by atoms with Crippen LogP contribution in [0.2, 0.25) is 0 Å². The van der Waals surface area contributed by atoms with E-state index in [1.54, 1.807) is 0 Å². The zero-order chi connectivity index (χ0) is 12.9. The maximum atomic E-state index is 3.96. The van der Waals surface area contributed by atoms with Crippen molar-refractivity contribution in [1.29, 1.82) is 0 Å². The minimum Gasteiger partial charge on any atom is -0.380 e. The van der Waals surface area contributed by atoms with Gasteiger partial charge >= 0.3 is 0 Å². The van der Waals surface area contributed by atoms with Gasteiger partial charge in [-0.05, 0) is 18.4 Å². The maximum Gasteiger partial charge on any atom is 0.0725 e. The van der Waals surface area contributed by atoms with Crippen molar-refractivity contribution >= 4 is 5.69 Å². The second-order valence-corrected chi connectivity index (χ2v) is 5.17. The fraction of sp³-hybridized carbons (Fsp3) is 0.400. The molecule has 4 nitrogen and oxygen atoms in total. The van der Waals surface area contributed by atoms with E-state index in [1.807, 2.05) is 12.4 Å². The first-order chi connectivity index (χ1) is 9.40. The van der Waals surface area contributed by atoms with Gasteiger partial charge in [-0.25, -0.2) is 0 Å². The van der Waals surface area contributed by atoms with Gasteiger partial charge in [0.1, 0.15) is 0 Å². The monoisotopic (exact) mass is 256 g/mol. The molecule has 0 atom stereocenters. The van der Waals surface area contributed by atoms with Crippen molar-refractivity contribution < 1.29 is 0 Å². The van der Waals surface area contributed by atoms with Gasteiger partial charge in [-0.1, -0.05) is 30.3 Å². The van der Waals surface area contributed by atoms with Crippen molar-refractivity contribution in [2.75, 3.05) is 18.4 Å². The summed E-state index contributed by atoms with van der Waals surface area (Å²) in [7, 11) is 0. The zero-order valence-corrected chi connectivity index (χ0v) is 11.0. The van der Waals surface area contributed by atoms with Gasteiger partial charge in [0.15, 0.2) is 0 Å². The van der Waals surface area contributed by atoms with E-state index in [-0.39, 0.29) is 0 Å². The number of rotatable bonds is 4. The van der Waals surface area contributed by atoms with Crippen LogP contribution >= 0.6 is 0 Å². The number of nitrogens with one attached hydrogen (secondary N) is 2. The summed E-state index contributed by atoms with van der Waals surface area (Å²) in [5.41, 5.74) is 2.50. The Hall–Kier alpha value is -1.81. The average molecular weight is 256 g/mol. The second kappa shape index (κ2) is 5.89. The number of nitrogens with zero attached hydrogens (tertiary/aromatic N) is 2. The van der Waals surface area contributed by atoms with E-state index in [0.717, 1.165) is 25.3 Å². The predicted octanol–water partition coefficient (Wildman–Crippen LogP) is 2.49. The highest BCUT2D eigenvalue weighted by atomic mass is 15.2. The average Bonchev–Trinajstić information content (AvgIpc) is 2.95. The summed E-state index contributed by atoms with van der Waals surface area (Å²) in [5, 5.41) is 10.3. The van der Waals surface area contributed by atoms with Gasteiger partial charge in [0.05, 0.1) is 11.9 Å². The van der Waals surface area contributed by atoms with Crippen LogP contribution in [0.25, 0.3) is 0 Å². The molecule has 0 unspecified atom stereocenters. The molecule has 2 N–H and O–H groups in total. The molecule has 0 aliphatic carbocycles. The van der Waals surface area contributed by atoms with Crippen LogP contribution in [0.5, 0.6) is 0 Å². The molecule has 19 heavy (non-hydrogen) atoms. The number of likely N-dealkylation sites (tertiary alicyclic amines) is 1. The van der Waals surface area contributed by atoms with E-state index in [0.29, 0.717) is 6.04 Å². The van der Waals surface area contributed by atoms with Crippen molar-refractivity contribution in [2.24, 2.45) is 0 Å². The van der Waals surface area contributed by atoms with E-state index in [2.05, 4.69) is 50.7 Å². The molecular formula is C15H20N4. The van der Waals surface area contributed by atoms with Crippen LogP contribution in [0.3, 0.4) is 0 Å². The Bertz CT molecular complexity index is 472. The van der Waals surface area contributed by atoms with E-state index in [4.69, 9.17) is 0 Å². The number of aromatic nitrogens is 2. The van der Waals surface area contributed by atoms with Gasteiger partial charge in [0, 0.05) is 31.9 Å². The summed E-state index contributed by atoms with van der Waals surface area (Å²) < 4.78 is 0. The highest BCUT2D eigenvalue weighted by molar-refractivity contribution is 5.38. The Balaban J connectivity index is 1.47. The van der Waals surface area contributed by atoms with Crippen LogP contribution in [0.1, 0.15) is 18.4 Å².